The molecule has 0 spiro atoms. The number of fused-ring (bicyclic) bond motifs is 1. The second kappa shape index (κ2) is 8.18. The summed E-state index contributed by atoms with van der Waals surface area (Å²) in [4.78, 5) is 14.1. The van der Waals surface area contributed by atoms with Crippen LogP contribution in [0.3, 0.4) is 0 Å². The van der Waals surface area contributed by atoms with E-state index < -0.39 is 6.10 Å². The summed E-state index contributed by atoms with van der Waals surface area (Å²) >= 11 is 0. The molecule has 0 radical (unpaired) electrons. The van der Waals surface area contributed by atoms with Crippen LogP contribution in [0.15, 0.2) is 18.2 Å². The summed E-state index contributed by atoms with van der Waals surface area (Å²) in [7, 11) is 4.06. The number of aryl methyl sites for hydroxylation is 2. The number of hydrogen-bond donors (Lipinski definition) is 1. The van der Waals surface area contributed by atoms with Gasteiger partial charge in [0.25, 0.3) is 5.91 Å². The fourth-order valence-electron chi connectivity index (χ4n) is 2.79. The maximum atomic E-state index is 12.0. The Morgan fingerprint density at radius 2 is 2.00 bits per heavy atom. The molecular weight excluding hydrogens is 276 g/mol. The van der Waals surface area contributed by atoms with E-state index in [1.165, 1.54) is 24.0 Å². The molecule has 0 saturated carbocycles. The zero-order chi connectivity index (χ0) is 15.9. The molecule has 1 atom stereocenters. The van der Waals surface area contributed by atoms with Crippen LogP contribution < -0.4 is 10.1 Å². The van der Waals surface area contributed by atoms with E-state index in [-0.39, 0.29) is 5.91 Å². The van der Waals surface area contributed by atoms with Gasteiger partial charge in [0.15, 0.2) is 6.10 Å². The number of nitrogens with zero attached hydrogens (tertiary/aromatic N) is 1. The molecule has 1 amide bonds. The van der Waals surface area contributed by atoms with Crippen LogP contribution in [0.25, 0.3) is 0 Å². The van der Waals surface area contributed by atoms with Crippen LogP contribution in [0.1, 0.15) is 37.3 Å². The molecule has 22 heavy (non-hydrogen) atoms. The Morgan fingerprint density at radius 1 is 1.27 bits per heavy atom. The minimum absolute atomic E-state index is 0.0449. The highest BCUT2D eigenvalue weighted by atomic mass is 16.5. The number of carbonyl (C=O) groups excluding carboxylic acids is 1. The number of hydrogen-bond acceptors (Lipinski definition) is 3. The normalized spacial score (nSPS) is 15.3. The highest BCUT2D eigenvalue weighted by Crippen LogP contribution is 2.25. The first-order valence-electron chi connectivity index (χ1n) is 8.27. The molecule has 2 rings (SSSR count). The Labute approximate surface area is 133 Å². The van der Waals surface area contributed by atoms with E-state index in [1.807, 2.05) is 20.2 Å². The van der Waals surface area contributed by atoms with E-state index in [0.717, 1.165) is 31.6 Å². The molecule has 0 bridgehead atoms. The van der Waals surface area contributed by atoms with Gasteiger partial charge in [-0.3, -0.25) is 4.79 Å². The Balaban J connectivity index is 1.80. The largest absolute Gasteiger partial charge is 0.481 e. The lowest BCUT2D eigenvalue weighted by atomic mass is 9.92. The fourth-order valence-corrected chi connectivity index (χ4v) is 2.79. The molecule has 0 heterocycles. The fraction of sp³-hybridized carbons (Fsp3) is 0.611. The second-order valence-corrected chi connectivity index (χ2v) is 6.35. The molecule has 4 nitrogen and oxygen atoms in total. The highest BCUT2D eigenvalue weighted by Gasteiger charge is 2.16. The first-order valence-corrected chi connectivity index (χ1v) is 8.27. The van der Waals surface area contributed by atoms with E-state index in [0.29, 0.717) is 6.54 Å². The van der Waals surface area contributed by atoms with Gasteiger partial charge in [0.2, 0.25) is 0 Å². The van der Waals surface area contributed by atoms with Crippen molar-refractivity contribution in [2.45, 2.75) is 45.1 Å². The summed E-state index contributed by atoms with van der Waals surface area (Å²) in [5, 5.41) is 2.93. The molecule has 0 saturated heterocycles. The SMILES string of the molecule is C[C@@H](Oc1ccc2c(c1)CCCC2)C(=O)NCCCN(C)C. The number of benzene rings is 1. The average molecular weight is 304 g/mol. The van der Waals surface area contributed by atoms with Crippen LogP contribution in [0.4, 0.5) is 0 Å². The number of amides is 1. The van der Waals surface area contributed by atoms with Gasteiger partial charge in [-0.1, -0.05) is 6.07 Å². The summed E-state index contributed by atoms with van der Waals surface area (Å²) in [6.45, 7) is 3.47. The van der Waals surface area contributed by atoms with Crippen molar-refractivity contribution in [2.75, 3.05) is 27.2 Å². The highest BCUT2D eigenvalue weighted by molar-refractivity contribution is 5.80. The van der Waals surface area contributed by atoms with Crippen molar-refractivity contribution in [3.63, 3.8) is 0 Å². The molecular formula is C18H28N2O2. The number of ether oxygens (including phenoxy) is 1. The van der Waals surface area contributed by atoms with Gasteiger partial charge in [-0.15, -0.1) is 0 Å². The molecule has 1 aliphatic carbocycles. The van der Waals surface area contributed by atoms with Crippen LogP contribution in [0.5, 0.6) is 5.75 Å². The lowest BCUT2D eigenvalue weighted by Gasteiger charge is -2.19. The van der Waals surface area contributed by atoms with Gasteiger partial charge < -0.3 is 15.0 Å². The minimum atomic E-state index is -0.457. The zero-order valence-electron chi connectivity index (χ0n) is 14.0. The van der Waals surface area contributed by atoms with E-state index in [9.17, 15) is 4.79 Å². The lowest BCUT2D eigenvalue weighted by molar-refractivity contribution is -0.127. The predicted octanol–water partition coefficient (Wildman–Crippen LogP) is 2.40. The van der Waals surface area contributed by atoms with E-state index in [4.69, 9.17) is 4.74 Å². The van der Waals surface area contributed by atoms with Crippen molar-refractivity contribution >= 4 is 5.91 Å². The van der Waals surface area contributed by atoms with Gasteiger partial charge in [0, 0.05) is 6.54 Å². The van der Waals surface area contributed by atoms with Crippen LogP contribution in [0.2, 0.25) is 0 Å². The minimum Gasteiger partial charge on any atom is -0.481 e. The summed E-state index contributed by atoms with van der Waals surface area (Å²) in [6.07, 6.45) is 5.30. The first kappa shape index (κ1) is 16.8. The van der Waals surface area contributed by atoms with Crippen molar-refractivity contribution in [1.82, 2.24) is 10.2 Å². The average Bonchev–Trinajstić information content (AvgIpc) is 2.51. The van der Waals surface area contributed by atoms with Crippen molar-refractivity contribution in [3.05, 3.63) is 29.3 Å². The monoisotopic (exact) mass is 304 g/mol. The Kier molecular flexibility index (Phi) is 6.25. The molecule has 1 N–H and O–H groups in total. The van der Waals surface area contributed by atoms with Crippen molar-refractivity contribution < 1.29 is 9.53 Å². The van der Waals surface area contributed by atoms with Gasteiger partial charge >= 0.3 is 0 Å². The van der Waals surface area contributed by atoms with Gasteiger partial charge in [-0.25, -0.2) is 0 Å². The maximum absolute atomic E-state index is 12.0. The topological polar surface area (TPSA) is 41.6 Å². The third-order valence-corrected chi connectivity index (χ3v) is 4.08. The number of nitrogens with one attached hydrogen (secondary N) is 1. The Bertz CT molecular complexity index is 500. The van der Waals surface area contributed by atoms with Gasteiger partial charge in [0.1, 0.15) is 5.75 Å². The van der Waals surface area contributed by atoms with Crippen molar-refractivity contribution in [3.8, 4) is 5.75 Å². The third-order valence-electron chi connectivity index (χ3n) is 4.08. The summed E-state index contributed by atoms with van der Waals surface area (Å²) < 4.78 is 5.80. The van der Waals surface area contributed by atoms with Crippen molar-refractivity contribution in [2.24, 2.45) is 0 Å². The molecule has 1 aromatic rings. The second-order valence-electron chi connectivity index (χ2n) is 6.35. The molecule has 122 valence electrons. The molecule has 0 aromatic heterocycles. The Morgan fingerprint density at radius 3 is 2.73 bits per heavy atom. The standard InChI is InChI=1S/C18H28N2O2/c1-14(18(21)19-11-6-12-20(2)3)22-17-10-9-15-7-4-5-8-16(15)13-17/h9-10,13-14H,4-8,11-12H2,1-3H3,(H,19,21)/t14-/m1/s1. The summed E-state index contributed by atoms with van der Waals surface area (Å²) in [5.41, 5.74) is 2.81. The van der Waals surface area contributed by atoms with Crippen molar-refractivity contribution in [1.29, 1.82) is 0 Å². The van der Waals surface area contributed by atoms with E-state index >= 15 is 0 Å². The maximum Gasteiger partial charge on any atom is 0.260 e. The Hall–Kier alpha value is -1.55. The van der Waals surface area contributed by atoms with Gasteiger partial charge in [-0.2, -0.15) is 0 Å². The van der Waals surface area contributed by atoms with Crippen LogP contribution in [-0.2, 0) is 17.6 Å². The third kappa shape index (κ3) is 5.02. The quantitative estimate of drug-likeness (QED) is 0.787. The molecule has 1 aromatic carbocycles. The van der Waals surface area contributed by atoms with Gasteiger partial charge in [-0.05, 0) is 82.9 Å². The van der Waals surface area contributed by atoms with Crippen LogP contribution in [-0.4, -0.2) is 44.1 Å². The smallest absolute Gasteiger partial charge is 0.260 e. The van der Waals surface area contributed by atoms with Crippen LogP contribution >= 0.6 is 0 Å². The van der Waals surface area contributed by atoms with Gasteiger partial charge in [0.05, 0.1) is 0 Å². The zero-order valence-corrected chi connectivity index (χ0v) is 14.0. The first-order chi connectivity index (χ1) is 10.6. The molecule has 0 aliphatic heterocycles. The molecule has 1 aliphatic rings. The molecule has 0 unspecified atom stereocenters. The number of rotatable bonds is 7. The predicted molar refractivity (Wildman–Crippen MR) is 89.4 cm³/mol. The lowest BCUT2D eigenvalue weighted by Crippen LogP contribution is -2.37. The summed E-state index contributed by atoms with van der Waals surface area (Å²) in [6, 6.07) is 6.23. The van der Waals surface area contributed by atoms with E-state index in [2.05, 4.69) is 22.3 Å². The molecule has 0 fully saturated rings. The van der Waals surface area contributed by atoms with E-state index in [1.54, 1.807) is 6.92 Å². The number of carbonyl (C=O) groups is 1. The molecule has 4 heteroatoms. The van der Waals surface area contributed by atoms with Crippen LogP contribution in [0, 0.1) is 0 Å². The summed E-state index contributed by atoms with van der Waals surface area (Å²) in [5.74, 6) is 0.757.